The molecular weight excluding hydrogens is 429 g/mol. The van der Waals surface area contributed by atoms with Gasteiger partial charge in [0.2, 0.25) is 5.91 Å². The highest BCUT2D eigenvalue weighted by molar-refractivity contribution is 6.10. The Morgan fingerprint density at radius 1 is 1.27 bits per heavy atom. The average molecular weight is 455 g/mol. The Balaban J connectivity index is 1.44. The molecule has 2 aliphatic heterocycles. The zero-order valence-electron chi connectivity index (χ0n) is 18.5. The largest absolute Gasteiger partial charge is 0.489 e. The molecule has 2 atom stereocenters. The van der Waals surface area contributed by atoms with Crippen molar-refractivity contribution in [3.63, 3.8) is 0 Å². The smallest absolute Gasteiger partial charge is 0.325 e. The summed E-state index contributed by atoms with van der Waals surface area (Å²) in [5, 5.41) is 5.33. The molecule has 0 bridgehead atoms. The van der Waals surface area contributed by atoms with Gasteiger partial charge in [0.1, 0.15) is 30.3 Å². The third-order valence-electron chi connectivity index (χ3n) is 5.86. The summed E-state index contributed by atoms with van der Waals surface area (Å²) < 4.78 is 24.7. The number of imide groups is 1. The molecule has 2 aliphatic rings. The van der Waals surface area contributed by atoms with Crippen LogP contribution in [0.1, 0.15) is 30.9 Å². The van der Waals surface area contributed by atoms with Crippen molar-refractivity contribution in [2.75, 3.05) is 25.1 Å². The molecule has 2 aromatic rings. The fraction of sp³-hybridized carbons (Fsp3) is 0.375. The van der Waals surface area contributed by atoms with Crippen LogP contribution in [0.5, 0.6) is 5.75 Å². The van der Waals surface area contributed by atoms with Crippen LogP contribution in [-0.2, 0) is 19.9 Å². The Labute approximate surface area is 191 Å². The van der Waals surface area contributed by atoms with Crippen molar-refractivity contribution in [1.29, 1.82) is 0 Å². The van der Waals surface area contributed by atoms with E-state index in [0.717, 1.165) is 23.3 Å². The maximum atomic E-state index is 13.3. The van der Waals surface area contributed by atoms with Gasteiger partial charge in [0, 0.05) is 6.61 Å². The summed E-state index contributed by atoms with van der Waals surface area (Å²) in [5.41, 5.74) is 0.440. The Bertz CT molecular complexity index is 1070. The lowest BCUT2D eigenvalue weighted by atomic mass is 9.92. The van der Waals surface area contributed by atoms with Gasteiger partial charge in [0.05, 0.1) is 11.8 Å². The molecule has 2 aromatic carbocycles. The first kappa shape index (κ1) is 22.7. The number of carbonyl (C=O) groups is 3. The van der Waals surface area contributed by atoms with Crippen molar-refractivity contribution in [1.82, 2.24) is 10.2 Å². The van der Waals surface area contributed by atoms with Crippen molar-refractivity contribution in [3.05, 3.63) is 59.4 Å². The standard InChI is InChI=1S/C24H26FN3O5/c1-15-5-10-19(20(12-15)33-14-18-4-3-11-32-18)26-21(29)13-28-22(30)24(2,27-23(28)31)16-6-8-17(25)9-7-16/h5-10,12,18H,3-4,11,13-14H2,1-2H3,(H,26,29)(H,27,31). The normalized spacial score (nSPS) is 22.4. The molecule has 2 N–H and O–H groups in total. The number of hydrogen-bond donors (Lipinski definition) is 2. The number of halogens is 1. The molecule has 2 fully saturated rings. The van der Waals surface area contributed by atoms with E-state index in [-0.39, 0.29) is 6.10 Å². The summed E-state index contributed by atoms with van der Waals surface area (Å²) in [6.45, 7) is 4.05. The second-order valence-electron chi connectivity index (χ2n) is 8.45. The van der Waals surface area contributed by atoms with Crippen LogP contribution in [0.2, 0.25) is 0 Å². The van der Waals surface area contributed by atoms with Gasteiger partial charge in [-0.3, -0.25) is 14.5 Å². The summed E-state index contributed by atoms with van der Waals surface area (Å²) in [4.78, 5) is 39.1. The average Bonchev–Trinajstić information content (AvgIpc) is 3.37. The minimum atomic E-state index is -1.38. The zero-order chi connectivity index (χ0) is 23.6. The Kier molecular flexibility index (Phi) is 6.33. The van der Waals surface area contributed by atoms with E-state index in [1.54, 1.807) is 6.07 Å². The maximum Gasteiger partial charge on any atom is 0.325 e. The van der Waals surface area contributed by atoms with E-state index in [9.17, 15) is 18.8 Å². The predicted molar refractivity (Wildman–Crippen MR) is 118 cm³/mol. The third-order valence-corrected chi connectivity index (χ3v) is 5.86. The molecule has 0 aromatic heterocycles. The lowest BCUT2D eigenvalue weighted by Gasteiger charge is -2.22. The van der Waals surface area contributed by atoms with Gasteiger partial charge in [-0.25, -0.2) is 9.18 Å². The number of nitrogens with zero attached hydrogens (tertiary/aromatic N) is 1. The summed E-state index contributed by atoms with van der Waals surface area (Å²) in [7, 11) is 0. The molecule has 0 saturated carbocycles. The summed E-state index contributed by atoms with van der Waals surface area (Å²) in [6, 6.07) is 9.95. The number of aryl methyl sites for hydroxylation is 1. The Hall–Kier alpha value is -3.46. The molecule has 9 heteroatoms. The second kappa shape index (κ2) is 9.19. The van der Waals surface area contributed by atoms with E-state index in [0.29, 0.717) is 30.2 Å². The van der Waals surface area contributed by atoms with Crippen LogP contribution in [0.4, 0.5) is 14.9 Å². The fourth-order valence-corrected chi connectivity index (χ4v) is 3.96. The first-order chi connectivity index (χ1) is 15.8. The van der Waals surface area contributed by atoms with E-state index in [4.69, 9.17) is 9.47 Å². The van der Waals surface area contributed by atoms with Gasteiger partial charge in [0.15, 0.2) is 0 Å². The summed E-state index contributed by atoms with van der Waals surface area (Å²) >= 11 is 0. The molecule has 4 rings (SSSR count). The van der Waals surface area contributed by atoms with E-state index in [2.05, 4.69) is 10.6 Å². The molecule has 8 nitrogen and oxygen atoms in total. The quantitative estimate of drug-likeness (QED) is 0.626. The number of benzene rings is 2. The van der Waals surface area contributed by atoms with Crippen molar-refractivity contribution >= 4 is 23.5 Å². The molecule has 174 valence electrons. The first-order valence-corrected chi connectivity index (χ1v) is 10.8. The number of anilines is 1. The molecule has 33 heavy (non-hydrogen) atoms. The number of hydrogen-bond acceptors (Lipinski definition) is 5. The zero-order valence-corrected chi connectivity index (χ0v) is 18.5. The lowest BCUT2D eigenvalue weighted by Crippen LogP contribution is -2.42. The predicted octanol–water partition coefficient (Wildman–Crippen LogP) is 3.10. The molecule has 0 spiro atoms. The molecular formula is C24H26FN3O5. The van der Waals surface area contributed by atoms with E-state index in [1.165, 1.54) is 31.2 Å². The van der Waals surface area contributed by atoms with Crippen molar-refractivity contribution in [2.45, 2.75) is 38.3 Å². The molecule has 4 amide bonds. The van der Waals surface area contributed by atoms with Crippen LogP contribution < -0.4 is 15.4 Å². The van der Waals surface area contributed by atoms with Gasteiger partial charge in [0.25, 0.3) is 5.91 Å². The van der Waals surface area contributed by atoms with Gasteiger partial charge in [-0.2, -0.15) is 0 Å². The number of ether oxygens (including phenoxy) is 2. The van der Waals surface area contributed by atoms with E-state index < -0.39 is 35.7 Å². The van der Waals surface area contributed by atoms with E-state index >= 15 is 0 Å². The molecule has 2 unspecified atom stereocenters. The minimum Gasteiger partial charge on any atom is -0.489 e. The molecule has 2 saturated heterocycles. The lowest BCUT2D eigenvalue weighted by molar-refractivity contribution is -0.133. The highest BCUT2D eigenvalue weighted by Gasteiger charge is 2.49. The van der Waals surface area contributed by atoms with Gasteiger partial charge < -0.3 is 20.1 Å². The first-order valence-electron chi connectivity index (χ1n) is 10.8. The maximum absolute atomic E-state index is 13.3. The number of amides is 4. The van der Waals surface area contributed by atoms with E-state index in [1.807, 2.05) is 19.1 Å². The van der Waals surface area contributed by atoms with Crippen LogP contribution in [-0.4, -0.2) is 48.6 Å². The van der Waals surface area contributed by atoms with Gasteiger partial charge >= 0.3 is 6.03 Å². The number of nitrogens with one attached hydrogen (secondary N) is 2. The number of carbonyl (C=O) groups excluding carboxylic acids is 3. The van der Waals surface area contributed by atoms with Crippen molar-refractivity contribution in [2.24, 2.45) is 0 Å². The number of rotatable bonds is 7. The highest BCUT2D eigenvalue weighted by atomic mass is 19.1. The fourth-order valence-electron chi connectivity index (χ4n) is 3.96. The second-order valence-corrected chi connectivity index (χ2v) is 8.45. The van der Waals surface area contributed by atoms with Crippen LogP contribution in [0.25, 0.3) is 0 Å². The van der Waals surface area contributed by atoms with Crippen LogP contribution in [0, 0.1) is 12.7 Å². The molecule has 0 aliphatic carbocycles. The number of urea groups is 1. The minimum absolute atomic E-state index is 0.0177. The van der Waals surface area contributed by atoms with Crippen molar-refractivity contribution in [3.8, 4) is 5.75 Å². The SMILES string of the molecule is Cc1ccc(NC(=O)CN2C(=O)NC(C)(c3ccc(F)cc3)C2=O)c(OCC2CCCO2)c1. The van der Waals surface area contributed by atoms with Gasteiger partial charge in [-0.15, -0.1) is 0 Å². The van der Waals surface area contributed by atoms with Crippen LogP contribution in [0.3, 0.4) is 0 Å². The highest BCUT2D eigenvalue weighted by Crippen LogP contribution is 2.30. The van der Waals surface area contributed by atoms with Gasteiger partial charge in [-0.05, 0) is 62.1 Å². The molecule has 2 heterocycles. The van der Waals surface area contributed by atoms with Crippen LogP contribution in [0.15, 0.2) is 42.5 Å². The van der Waals surface area contributed by atoms with Crippen LogP contribution >= 0.6 is 0 Å². The molecule has 0 radical (unpaired) electrons. The van der Waals surface area contributed by atoms with Gasteiger partial charge in [-0.1, -0.05) is 18.2 Å². The summed E-state index contributed by atoms with van der Waals surface area (Å²) in [5.74, 6) is -1.10. The monoisotopic (exact) mass is 455 g/mol. The summed E-state index contributed by atoms with van der Waals surface area (Å²) in [6.07, 6.45) is 1.94. The Morgan fingerprint density at radius 2 is 2.03 bits per heavy atom. The van der Waals surface area contributed by atoms with Crippen molar-refractivity contribution < 1.29 is 28.2 Å². The third kappa shape index (κ3) is 4.83. The topological polar surface area (TPSA) is 97.0 Å². The Morgan fingerprint density at radius 3 is 2.73 bits per heavy atom.